The van der Waals surface area contributed by atoms with Gasteiger partial charge in [0.2, 0.25) is 0 Å². The van der Waals surface area contributed by atoms with E-state index >= 15 is 0 Å². The summed E-state index contributed by atoms with van der Waals surface area (Å²) in [5.41, 5.74) is 0. The molecule has 0 bridgehead atoms. The molecule has 0 aliphatic rings. The molecule has 0 saturated carbocycles. The van der Waals surface area contributed by atoms with Gasteiger partial charge in [0.05, 0.1) is 39.6 Å². The van der Waals surface area contributed by atoms with Crippen LogP contribution in [0, 0.1) is 0 Å². The van der Waals surface area contributed by atoms with Gasteiger partial charge in [-0.3, -0.25) is 0 Å². The molecule has 16 heavy (non-hydrogen) atoms. The van der Waals surface area contributed by atoms with Crippen LogP contribution < -0.4 is 0 Å². The molecule has 0 aliphatic carbocycles. The summed E-state index contributed by atoms with van der Waals surface area (Å²) in [5, 5.41) is 9.43. The number of hydrogen-bond donors (Lipinski definition) is 1. The summed E-state index contributed by atoms with van der Waals surface area (Å²) in [4.78, 5) is 0. The third-order valence-electron chi connectivity index (χ3n) is 1.77. The Labute approximate surface area is 97.6 Å². The van der Waals surface area contributed by atoms with Gasteiger partial charge in [0.15, 0.2) is 0 Å². The van der Waals surface area contributed by atoms with E-state index in [0.717, 1.165) is 0 Å². The summed E-state index contributed by atoms with van der Waals surface area (Å²) in [5.74, 6) is 0. The molecule has 0 amide bonds. The van der Waals surface area contributed by atoms with Crippen LogP contribution in [0.2, 0.25) is 0 Å². The Bertz CT molecular complexity index is 118. The van der Waals surface area contributed by atoms with Crippen molar-refractivity contribution >= 4 is 0 Å². The van der Waals surface area contributed by atoms with Gasteiger partial charge in [-0.2, -0.15) is 0 Å². The molecule has 0 fully saturated rings. The molecule has 0 heterocycles. The Morgan fingerprint density at radius 3 is 1.50 bits per heavy atom. The lowest BCUT2D eigenvalue weighted by atomic mass is 10.4. The first-order valence-corrected chi connectivity index (χ1v) is 5.80. The fourth-order valence-electron chi connectivity index (χ4n) is 1.01. The van der Waals surface area contributed by atoms with E-state index in [4.69, 9.17) is 18.9 Å². The van der Waals surface area contributed by atoms with Gasteiger partial charge >= 0.3 is 0 Å². The minimum Gasteiger partial charge on any atom is -0.388 e. The van der Waals surface area contributed by atoms with E-state index in [-0.39, 0.29) is 13.2 Å². The highest BCUT2D eigenvalue weighted by Gasteiger charge is 2.03. The zero-order chi connectivity index (χ0) is 12.1. The SMILES string of the molecule is CCOCCOCC(O)COCCOCC. The minimum atomic E-state index is -0.580. The van der Waals surface area contributed by atoms with E-state index in [1.54, 1.807) is 0 Å². The molecule has 0 atom stereocenters. The van der Waals surface area contributed by atoms with Gasteiger partial charge in [0.25, 0.3) is 0 Å². The van der Waals surface area contributed by atoms with E-state index < -0.39 is 6.10 Å². The first-order chi connectivity index (χ1) is 7.81. The zero-order valence-electron chi connectivity index (χ0n) is 10.3. The lowest BCUT2D eigenvalue weighted by molar-refractivity contribution is -0.0400. The van der Waals surface area contributed by atoms with Gasteiger partial charge in [0.1, 0.15) is 6.10 Å². The molecule has 0 aromatic heterocycles. The maximum Gasteiger partial charge on any atom is 0.101 e. The van der Waals surface area contributed by atoms with Crippen LogP contribution in [-0.4, -0.2) is 64.1 Å². The quantitative estimate of drug-likeness (QED) is 0.499. The van der Waals surface area contributed by atoms with E-state index in [2.05, 4.69) is 0 Å². The lowest BCUT2D eigenvalue weighted by Crippen LogP contribution is -2.23. The van der Waals surface area contributed by atoms with Crippen LogP contribution in [-0.2, 0) is 18.9 Å². The largest absolute Gasteiger partial charge is 0.388 e. The Kier molecular flexibility index (Phi) is 12.7. The standard InChI is InChI=1S/C11H24O5/c1-3-13-5-7-15-9-11(12)10-16-8-6-14-4-2/h11-12H,3-10H2,1-2H3. The summed E-state index contributed by atoms with van der Waals surface area (Å²) in [6.45, 7) is 7.93. The number of aliphatic hydroxyl groups excluding tert-OH is 1. The van der Waals surface area contributed by atoms with E-state index in [9.17, 15) is 5.11 Å². The maximum absolute atomic E-state index is 9.43. The van der Waals surface area contributed by atoms with Gasteiger partial charge in [0, 0.05) is 13.2 Å². The van der Waals surface area contributed by atoms with Gasteiger partial charge in [-0.25, -0.2) is 0 Å². The van der Waals surface area contributed by atoms with Crippen LogP contribution in [0.1, 0.15) is 13.8 Å². The van der Waals surface area contributed by atoms with Crippen molar-refractivity contribution in [3.63, 3.8) is 0 Å². The van der Waals surface area contributed by atoms with Crippen molar-refractivity contribution in [2.45, 2.75) is 20.0 Å². The lowest BCUT2D eigenvalue weighted by Gasteiger charge is -2.11. The van der Waals surface area contributed by atoms with Crippen LogP contribution in [0.25, 0.3) is 0 Å². The zero-order valence-corrected chi connectivity index (χ0v) is 10.3. The highest BCUT2D eigenvalue weighted by molar-refractivity contribution is 4.51. The number of rotatable bonds is 12. The highest BCUT2D eigenvalue weighted by atomic mass is 16.5. The molecule has 0 radical (unpaired) electrons. The molecule has 0 unspecified atom stereocenters. The van der Waals surface area contributed by atoms with Crippen LogP contribution >= 0.6 is 0 Å². The Hall–Kier alpha value is -0.200. The van der Waals surface area contributed by atoms with Crippen molar-refractivity contribution in [1.29, 1.82) is 0 Å². The number of aliphatic hydroxyl groups is 1. The Morgan fingerprint density at radius 1 is 0.750 bits per heavy atom. The molecule has 0 aromatic carbocycles. The predicted molar refractivity (Wildman–Crippen MR) is 60.6 cm³/mol. The first-order valence-electron chi connectivity index (χ1n) is 5.80. The fraction of sp³-hybridized carbons (Fsp3) is 1.00. The van der Waals surface area contributed by atoms with Crippen molar-refractivity contribution in [3.05, 3.63) is 0 Å². The number of hydrogen-bond acceptors (Lipinski definition) is 5. The molecular formula is C11H24O5. The summed E-state index contributed by atoms with van der Waals surface area (Å²) in [7, 11) is 0. The topological polar surface area (TPSA) is 57.2 Å². The second-order valence-corrected chi connectivity index (χ2v) is 3.20. The van der Waals surface area contributed by atoms with Gasteiger partial charge < -0.3 is 24.1 Å². The van der Waals surface area contributed by atoms with Crippen LogP contribution in [0.5, 0.6) is 0 Å². The summed E-state index contributed by atoms with van der Waals surface area (Å²) >= 11 is 0. The van der Waals surface area contributed by atoms with Gasteiger partial charge in [-0.1, -0.05) is 0 Å². The molecule has 5 heteroatoms. The molecule has 98 valence electrons. The molecule has 0 saturated heterocycles. The van der Waals surface area contributed by atoms with Gasteiger partial charge in [-0.15, -0.1) is 0 Å². The summed E-state index contributed by atoms with van der Waals surface area (Å²) < 4.78 is 20.6. The van der Waals surface area contributed by atoms with Crippen molar-refractivity contribution < 1.29 is 24.1 Å². The highest BCUT2D eigenvalue weighted by Crippen LogP contribution is 1.89. The first kappa shape index (κ1) is 15.8. The monoisotopic (exact) mass is 236 g/mol. The van der Waals surface area contributed by atoms with Crippen molar-refractivity contribution in [2.75, 3.05) is 52.9 Å². The molecule has 1 N–H and O–H groups in total. The van der Waals surface area contributed by atoms with E-state index in [1.807, 2.05) is 13.8 Å². The molecule has 5 nitrogen and oxygen atoms in total. The van der Waals surface area contributed by atoms with Gasteiger partial charge in [-0.05, 0) is 13.8 Å². The second-order valence-electron chi connectivity index (χ2n) is 3.20. The second kappa shape index (κ2) is 12.9. The third-order valence-corrected chi connectivity index (χ3v) is 1.77. The van der Waals surface area contributed by atoms with Crippen molar-refractivity contribution in [1.82, 2.24) is 0 Å². The predicted octanol–water partition coefficient (Wildman–Crippen LogP) is 0.453. The van der Waals surface area contributed by atoms with Crippen LogP contribution in [0.15, 0.2) is 0 Å². The van der Waals surface area contributed by atoms with Crippen molar-refractivity contribution in [2.24, 2.45) is 0 Å². The molecule has 0 aromatic rings. The Morgan fingerprint density at radius 2 is 1.12 bits per heavy atom. The minimum absolute atomic E-state index is 0.279. The number of ether oxygens (including phenoxy) is 4. The fourth-order valence-corrected chi connectivity index (χ4v) is 1.01. The smallest absolute Gasteiger partial charge is 0.101 e. The van der Waals surface area contributed by atoms with Crippen molar-refractivity contribution in [3.8, 4) is 0 Å². The summed E-state index contributed by atoms with van der Waals surface area (Å²) in [6, 6.07) is 0. The normalized spacial score (nSPS) is 11.2. The summed E-state index contributed by atoms with van der Waals surface area (Å²) in [6.07, 6.45) is -0.580. The van der Waals surface area contributed by atoms with Crippen LogP contribution in [0.3, 0.4) is 0 Å². The average molecular weight is 236 g/mol. The molecule has 0 rings (SSSR count). The maximum atomic E-state index is 9.43. The van der Waals surface area contributed by atoms with E-state index in [0.29, 0.717) is 39.6 Å². The average Bonchev–Trinajstić information content (AvgIpc) is 2.28. The van der Waals surface area contributed by atoms with Crippen LogP contribution in [0.4, 0.5) is 0 Å². The molecular weight excluding hydrogens is 212 g/mol. The Balaban J connectivity index is 3.09. The van der Waals surface area contributed by atoms with E-state index in [1.165, 1.54) is 0 Å². The molecule has 0 aliphatic heterocycles. The third kappa shape index (κ3) is 11.9. The molecule has 0 spiro atoms.